The Bertz CT molecular complexity index is 537. The molecule has 0 aliphatic carbocycles. The van der Waals surface area contributed by atoms with E-state index >= 15 is 0 Å². The van der Waals surface area contributed by atoms with Crippen LogP contribution in [0, 0.1) is 0 Å². The molecule has 4 nitrogen and oxygen atoms in total. The zero-order valence-corrected chi connectivity index (χ0v) is 12.7. The second kappa shape index (κ2) is 6.56. The van der Waals surface area contributed by atoms with Gasteiger partial charge in [-0.3, -0.25) is 4.79 Å². The number of hydrogen-bond donors (Lipinski definition) is 1. The van der Waals surface area contributed by atoms with Crippen molar-refractivity contribution in [3.05, 3.63) is 29.3 Å². The third-order valence-electron chi connectivity index (χ3n) is 3.78. The number of nitrogens with one attached hydrogen (secondary N) is 1. The highest BCUT2D eigenvalue weighted by Gasteiger charge is 2.31. The minimum atomic E-state index is -4.38. The normalized spacial score (nSPS) is 16.7. The molecule has 1 aliphatic heterocycles. The van der Waals surface area contributed by atoms with Gasteiger partial charge in [-0.05, 0) is 30.8 Å². The van der Waals surface area contributed by atoms with Crippen LogP contribution in [0.3, 0.4) is 0 Å². The Labute approximate surface area is 127 Å². The smallest absolute Gasteiger partial charge is 0.369 e. The lowest BCUT2D eigenvalue weighted by Crippen LogP contribution is -2.45. The Hall–Kier alpha value is -1.76. The first kappa shape index (κ1) is 16.6. The van der Waals surface area contributed by atoms with Crippen molar-refractivity contribution in [2.24, 2.45) is 0 Å². The highest BCUT2D eigenvalue weighted by atomic mass is 19.4. The molecule has 1 fully saturated rings. The van der Waals surface area contributed by atoms with Crippen LogP contribution in [0.2, 0.25) is 0 Å². The first-order chi connectivity index (χ1) is 10.3. The SMILES string of the molecule is CC(=O)NCc1cc(C(F)(F)F)ccc1N1CCN(C)CC1. The van der Waals surface area contributed by atoms with Crippen molar-refractivity contribution in [2.45, 2.75) is 19.6 Å². The number of hydrogen-bond acceptors (Lipinski definition) is 3. The molecule has 122 valence electrons. The molecule has 1 saturated heterocycles. The topological polar surface area (TPSA) is 35.6 Å². The van der Waals surface area contributed by atoms with Gasteiger partial charge in [-0.2, -0.15) is 13.2 Å². The number of benzene rings is 1. The summed E-state index contributed by atoms with van der Waals surface area (Å²) in [6.07, 6.45) is -4.38. The molecule has 1 aromatic rings. The average Bonchev–Trinajstić information content (AvgIpc) is 2.45. The molecule has 1 aromatic carbocycles. The minimum Gasteiger partial charge on any atom is -0.369 e. The molecule has 0 bridgehead atoms. The van der Waals surface area contributed by atoms with E-state index in [1.807, 2.05) is 7.05 Å². The fourth-order valence-electron chi connectivity index (χ4n) is 2.48. The highest BCUT2D eigenvalue weighted by Crippen LogP contribution is 2.33. The van der Waals surface area contributed by atoms with E-state index in [1.165, 1.54) is 13.0 Å². The summed E-state index contributed by atoms with van der Waals surface area (Å²) in [6, 6.07) is 3.74. The predicted octanol–water partition coefficient (Wildman–Crippen LogP) is 2.09. The lowest BCUT2D eigenvalue weighted by atomic mass is 10.1. The summed E-state index contributed by atoms with van der Waals surface area (Å²) < 4.78 is 38.7. The van der Waals surface area contributed by atoms with Gasteiger partial charge in [0.15, 0.2) is 0 Å². The van der Waals surface area contributed by atoms with Crippen LogP contribution in [0.15, 0.2) is 18.2 Å². The fourth-order valence-corrected chi connectivity index (χ4v) is 2.48. The van der Waals surface area contributed by atoms with Crippen LogP contribution < -0.4 is 10.2 Å². The largest absolute Gasteiger partial charge is 0.416 e. The molecule has 0 spiro atoms. The molecule has 0 radical (unpaired) electrons. The van der Waals surface area contributed by atoms with Crippen LogP contribution in [0.25, 0.3) is 0 Å². The molecule has 1 aliphatic rings. The van der Waals surface area contributed by atoms with Crippen LogP contribution in [0.1, 0.15) is 18.1 Å². The molecule has 1 heterocycles. The zero-order valence-electron chi connectivity index (χ0n) is 12.7. The van der Waals surface area contributed by atoms with Crippen molar-refractivity contribution in [3.63, 3.8) is 0 Å². The summed E-state index contributed by atoms with van der Waals surface area (Å²) in [6.45, 7) is 4.69. The highest BCUT2D eigenvalue weighted by molar-refractivity contribution is 5.73. The molecule has 0 unspecified atom stereocenters. The van der Waals surface area contributed by atoms with Crippen molar-refractivity contribution in [3.8, 4) is 0 Å². The van der Waals surface area contributed by atoms with E-state index in [-0.39, 0.29) is 12.5 Å². The monoisotopic (exact) mass is 315 g/mol. The van der Waals surface area contributed by atoms with Crippen molar-refractivity contribution < 1.29 is 18.0 Å². The lowest BCUT2D eigenvalue weighted by molar-refractivity contribution is -0.137. The number of nitrogens with zero attached hydrogens (tertiary/aromatic N) is 2. The van der Waals surface area contributed by atoms with Gasteiger partial charge in [-0.25, -0.2) is 0 Å². The third kappa shape index (κ3) is 4.13. The van der Waals surface area contributed by atoms with E-state index in [2.05, 4.69) is 15.1 Å². The summed E-state index contributed by atoms with van der Waals surface area (Å²) in [4.78, 5) is 15.3. The Morgan fingerprint density at radius 2 is 1.86 bits per heavy atom. The van der Waals surface area contributed by atoms with E-state index < -0.39 is 11.7 Å². The molecule has 0 atom stereocenters. The molecular formula is C15H20F3N3O. The summed E-state index contributed by atoms with van der Waals surface area (Å²) in [5.74, 6) is -0.262. The molecule has 7 heteroatoms. The number of carbonyl (C=O) groups excluding carboxylic acids is 1. The van der Waals surface area contributed by atoms with Gasteiger partial charge in [0.1, 0.15) is 0 Å². The summed E-state index contributed by atoms with van der Waals surface area (Å²) >= 11 is 0. The number of alkyl halides is 3. The Morgan fingerprint density at radius 1 is 1.23 bits per heavy atom. The number of halogens is 3. The van der Waals surface area contributed by atoms with E-state index in [1.54, 1.807) is 0 Å². The van der Waals surface area contributed by atoms with Crippen LogP contribution in [-0.2, 0) is 17.5 Å². The summed E-state index contributed by atoms with van der Waals surface area (Å²) in [7, 11) is 2.02. The standard InChI is InChI=1S/C15H20F3N3O/c1-11(22)19-10-12-9-13(15(16,17)18)3-4-14(12)21-7-5-20(2)6-8-21/h3-4,9H,5-8,10H2,1-2H3,(H,19,22). The van der Waals surface area contributed by atoms with Gasteiger partial charge < -0.3 is 15.1 Å². The van der Waals surface area contributed by atoms with Gasteiger partial charge in [0, 0.05) is 45.3 Å². The van der Waals surface area contributed by atoms with Gasteiger partial charge in [-0.1, -0.05) is 0 Å². The Kier molecular flexibility index (Phi) is 4.95. The van der Waals surface area contributed by atoms with Crippen LogP contribution in [-0.4, -0.2) is 44.0 Å². The average molecular weight is 315 g/mol. The lowest BCUT2D eigenvalue weighted by Gasteiger charge is -2.35. The molecule has 0 aromatic heterocycles. The van der Waals surface area contributed by atoms with Gasteiger partial charge in [0.05, 0.1) is 5.56 Å². The van der Waals surface area contributed by atoms with Crippen LogP contribution >= 0.6 is 0 Å². The van der Waals surface area contributed by atoms with Crippen molar-refractivity contribution in [1.29, 1.82) is 0 Å². The molecule has 22 heavy (non-hydrogen) atoms. The van der Waals surface area contributed by atoms with E-state index in [0.29, 0.717) is 5.56 Å². The van der Waals surface area contributed by atoms with E-state index in [9.17, 15) is 18.0 Å². The maximum atomic E-state index is 12.9. The predicted molar refractivity (Wildman–Crippen MR) is 78.7 cm³/mol. The van der Waals surface area contributed by atoms with Crippen molar-refractivity contribution in [2.75, 3.05) is 38.1 Å². The molecule has 1 N–H and O–H groups in total. The minimum absolute atomic E-state index is 0.0981. The third-order valence-corrected chi connectivity index (χ3v) is 3.78. The van der Waals surface area contributed by atoms with Crippen molar-refractivity contribution in [1.82, 2.24) is 10.2 Å². The molecular weight excluding hydrogens is 295 g/mol. The number of rotatable bonds is 3. The second-order valence-electron chi connectivity index (χ2n) is 5.54. The number of likely N-dealkylation sites (N-methyl/N-ethyl adjacent to an activating group) is 1. The maximum absolute atomic E-state index is 12.9. The summed E-state index contributed by atoms with van der Waals surface area (Å²) in [5, 5.41) is 2.59. The van der Waals surface area contributed by atoms with E-state index in [0.717, 1.165) is 44.0 Å². The molecule has 2 rings (SSSR count). The molecule has 1 amide bonds. The molecule has 0 saturated carbocycles. The fraction of sp³-hybridized carbons (Fsp3) is 0.533. The first-order valence-corrected chi connectivity index (χ1v) is 7.15. The maximum Gasteiger partial charge on any atom is 0.416 e. The number of piperazine rings is 1. The first-order valence-electron chi connectivity index (χ1n) is 7.15. The van der Waals surface area contributed by atoms with Gasteiger partial charge >= 0.3 is 6.18 Å². The second-order valence-corrected chi connectivity index (χ2v) is 5.54. The Balaban J connectivity index is 2.28. The van der Waals surface area contributed by atoms with Crippen LogP contribution in [0.4, 0.5) is 18.9 Å². The van der Waals surface area contributed by atoms with Crippen LogP contribution in [0.5, 0.6) is 0 Å². The van der Waals surface area contributed by atoms with E-state index in [4.69, 9.17) is 0 Å². The number of amides is 1. The van der Waals surface area contributed by atoms with Crippen molar-refractivity contribution >= 4 is 11.6 Å². The Morgan fingerprint density at radius 3 is 2.41 bits per heavy atom. The zero-order chi connectivity index (χ0) is 16.3. The summed E-state index contributed by atoms with van der Waals surface area (Å²) in [5.41, 5.74) is 0.565. The number of anilines is 1. The van der Waals surface area contributed by atoms with Gasteiger partial charge in [-0.15, -0.1) is 0 Å². The quantitative estimate of drug-likeness (QED) is 0.928. The number of carbonyl (C=O) groups is 1. The van der Waals surface area contributed by atoms with Gasteiger partial charge in [0.25, 0.3) is 0 Å². The van der Waals surface area contributed by atoms with Gasteiger partial charge in [0.2, 0.25) is 5.91 Å².